The Kier molecular flexibility index (Phi) is 4.30. The molecule has 140 valence electrons. The highest BCUT2D eigenvalue weighted by molar-refractivity contribution is 6.33. The van der Waals surface area contributed by atoms with Crippen LogP contribution in [-0.2, 0) is 5.54 Å². The molecule has 0 radical (unpaired) electrons. The summed E-state index contributed by atoms with van der Waals surface area (Å²) in [6.45, 7) is 1.06. The van der Waals surface area contributed by atoms with Gasteiger partial charge < -0.3 is 14.5 Å². The lowest BCUT2D eigenvalue weighted by molar-refractivity contribution is 0.0336. The molecule has 0 N–H and O–H groups in total. The Labute approximate surface area is 162 Å². The summed E-state index contributed by atoms with van der Waals surface area (Å²) in [5.41, 5.74) is 1.48. The van der Waals surface area contributed by atoms with E-state index in [1.165, 1.54) is 0 Å². The van der Waals surface area contributed by atoms with Gasteiger partial charge in [-0.1, -0.05) is 11.6 Å². The number of piperidine rings is 1. The third kappa shape index (κ3) is 2.67. The highest BCUT2D eigenvalue weighted by Crippen LogP contribution is 2.44. The number of methoxy groups -OCH3 is 1. The summed E-state index contributed by atoms with van der Waals surface area (Å²) in [6, 6.07) is 8.67. The molecule has 2 aliphatic rings. The number of aromatic nitrogens is 1. The molecule has 3 heterocycles. The van der Waals surface area contributed by atoms with Crippen molar-refractivity contribution in [3.05, 3.63) is 58.4 Å². The van der Waals surface area contributed by atoms with E-state index in [9.17, 15) is 9.59 Å². The van der Waals surface area contributed by atoms with Crippen molar-refractivity contribution in [1.29, 1.82) is 0 Å². The lowest BCUT2D eigenvalue weighted by Crippen LogP contribution is -2.51. The van der Waals surface area contributed by atoms with E-state index < -0.39 is 5.54 Å². The van der Waals surface area contributed by atoms with Crippen LogP contribution in [0.15, 0.2) is 36.5 Å². The number of benzene rings is 1. The third-order valence-electron chi connectivity index (χ3n) is 5.71. The maximum atomic E-state index is 13.0. The monoisotopic (exact) mass is 385 g/mol. The molecule has 0 aliphatic carbocycles. The average molecular weight is 386 g/mol. The predicted molar refractivity (Wildman–Crippen MR) is 101 cm³/mol. The van der Waals surface area contributed by atoms with Crippen LogP contribution in [0.4, 0.5) is 0 Å². The number of carbonyl (C=O) groups excluding carboxylic acids is 2. The van der Waals surface area contributed by atoms with E-state index in [4.69, 9.17) is 16.3 Å². The van der Waals surface area contributed by atoms with Gasteiger partial charge in [0.1, 0.15) is 5.75 Å². The molecule has 27 heavy (non-hydrogen) atoms. The number of fused-ring (bicyclic) bond motifs is 2. The van der Waals surface area contributed by atoms with Gasteiger partial charge in [0.25, 0.3) is 11.8 Å². The molecule has 0 atom stereocenters. The normalized spacial score (nSPS) is 18.0. The SMILES string of the molecule is COc1ccc(Cl)c(C(=O)N2CCC3(CC2)c2ncccc2C(=O)N3C)c1. The molecule has 2 amide bonds. The number of rotatable bonds is 2. The number of nitrogens with zero attached hydrogens (tertiary/aromatic N) is 3. The standard InChI is InChI=1S/C20H20ClN3O3/c1-23-18(25)14-4-3-9-22-17(14)20(23)7-10-24(11-8-20)19(26)15-12-13(27-2)5-6-16(15)21/h3-6,9,12H,7-8,10-11H2,1-2H3. The van der Waals surface area contributed by atoms with Gasteiger partial charge in [-0.25, -0.2) is 0 Å². The summed E-state index contributed by atoms with van der Waals surface area (Å²) >= 11 is 6.23. The summed E-state index contributed by atoms with van der Waals surface area (Å²) in [7, 11) is 3.37. The largest absolute Gasteiger partial charge is 0.497 e. The first kappa shape index (κ1) is 17.8. The first-order chi connectivity index (χ1) is 13.0. The Hall–Kier alpha value is -2.60. The smallest absolute Gasteiger partial charge is 0.256 e. The van der Waals surface area contributed by atoms with E-state index in [0.29, 0.717) is 47.8 Å². The van der Waals surface area contributed by atoms with E-state index in [2.05, 4.69) is 4.98 Å². The Balaban J connectivity index is 1.58. The topological polar surface area (TPSA) is 62.7 Å². The van der Waals surface area contributed by atoms with Crippen molar-refractivity contribution in [2.24, 2.45) is 0 Å². The summed E-state index contributed by atoms with van der Waals surface area (Å²) in [5, 5.41) is 0.404. The molecule has 1 spiro atoms. The molecule has 1 saturated heterocycles. The van der Waals surface area contributed by atoms with Crippen LogP contribution in [-0.4, -0.2) is 53.8 Å². The van der Waals surface area contributed by atoms with Gasteiger partial charge in [-0.15, -0.1) is 0 Å². The van der Waals surface area contributed by atoms with E-state index in [-0.39, 0.29) is 11.8 Å². The zero-order valence-corrected chi connectivity index (χ0v) is 16.0. The number of likely N-dealkylation sites (tertiary alicyclic amines) is 1. The summed E-state index contributed by atoms with van der Waals surface area (Å²) < 4.78 is 5.21. The molecule has 1 fully saturated rings. The highest BCUT2D eigenvalue weighted by atomic mass is 35.5. The fourth-order valence-corrected chi connectivity index (χ4v) is 4.30. The molecule has 0 saturated carbocycles. The zero-order chi connectivity index (χ0) is 19.2. The number of hydrogen-bond donors (Lipinski definition) is 0. The molecular weight excluding hydrogens is 366 g/mol. The molecular formula is C20H20ClN3O3. The Morgan fingerprint density at radius 1 is 1.26 bits per heavy atom. The Morgan fingerprint density at radius 3 is 2.70 bits per heavy atom. The van der Waals surface area contributed by atoms with Gasteiger partial charge in [-0.3, -0.25) is 14.6 Å². The summed E-state index contributed by atoms with van der Waals surface area (Å²) in [6.07, 6.45) is 3.01. The Morgan fingerprint density at radius 2 is 2.00 bits per heavy atom. The van der Waals surface area contributed by atoms with Gasteiger partial charge in [0.2, 0.25) is 0 Å². The van der Waals surface area contributed by atoms with Crippen molar-refractivity contribution in [3.8, 4) is 5.75 Å². The number of ether oxygens (including phenoxy) is 1. The van der Waals surface area contributed by atoms with Gasteiger partial charge in [0.05, 0.1) is 34.5 Å². The Bertz CT molecular complexity index is 922. The molecule has 0 bridgehead atoms. The van der Waals surface area contributed by atoms with Crippen LogP contribution in [0.5, 0.6) is 5.75 Å². The van der Waals surface area contributed by atoms with Gasteiger partial charge in [-0.2, -0.15) is 0 Å². The van der Waals surface area contributed by atoms with E-state index in [1.54, 1.807) is 47.4 Å². The highest BCUT2D eigenvalue weighted by Gasteiger charge is 2.50. The van der Waals surface area contributed by atoms with Gasteiger partial charge in [-0.05, 0) is 43.2 Å². The van der Waals surface area contributed by atoms with Crippen LogP contribution in [0.3, 0.4) is 0 Å². The van der Waals surface area contributed by atoms with Crippen LogP contribution in [0.1, 0.15) is 39.3 Å². The average Bonchev–Trinajstić information content (AvgIpc) is 2.91. The summed E-state index contributed by atoms with van der Waals surface area (Å²) in [4.78, 5) is 33.6. The van der Waals surface area contributed by atoms with Crippen LogP contribution in [0, 0.1) is 0 Å². The third-order valence-corrected chi connectivity index (χ3v) is 6.04. The van der Waals surface area contributed by atoms with Crippen molar-refractivity contribution >= 4 is 23.4 Å². The molecule has 0 unspecified atom stereocenters. The fourth-order valence-electron chi connectivity index (χ4n) is 4.10. The molecule has 7 heteroatoms. The van der Waals surface area contributed by atoms with Crippen molar-refractivity contribution < 1.29 is 14.3 Å². The van der Waals surface area contributed by atoms with Crippen molar-refractivity contribution in [1.82, 2.24) is 14.8 Å². The second-order valence-electron chi connectivity index (χ2n) is 6.93. The quantitative estimate of drug-likeness (QED) is 0.797. The zero-order valence-electron chi connectivity index (χ0n) is 15.2. The maximum Gasteiger partial charge on any atom is 0.256 e. The minimum absolute atomic E-state index is 0.00582. The van der Waals surface area contributed by atoms with Crippen LogP contribution < -0.4 is 4.74 Å². The maximum absolute atomic E-state index is 13.0. The van der Waals surface area contributed by atoms with E-state index in [1.807, 2.05) is 13.1 Å². The van der Waals surface area contributed by atoms with E-state index >= 15 is 0 Å². The van der Waals surface area contributed by atoms with Gasteiger partial charge in [0.15, 0.2) is 0 Å². The molecule has 4 rings (SSSR count). The minimum Gasteiger partial charge on any atom is -0.497 e. The number of halogens is 1. The minimum atomic E-state index is -0.442. The number of pyridine rings is 1. The molecule has 6 nitrogen and oxygen atoms in total. The van der Waals surface area contributed by atoms with Crippen molar-refractivity contribution in [2.45, 2.75) is 18.4 Å². The van der Waals surface area contributed by atoms with E-state index in [0.717, 1.165) is 5.69 Å². The lowest BCUT2D eigenvalue weighted by Gasteiger charge is -2.43. The summed E-state index contributed by atoms with van der Waals surface area (Å²) in [5.74, 6) is 0.464. The molecule has 2 aromatic rings. The number of carbonyl (C=O) groups is 2. The predicted octanol–water partition coefficient (Wildman–Crippen LogP) is 2.96. The van der Waals surface area contributed by atoms with Gasteiger partial charge in [0, 0.05) is 26.3 Å². The second kappa shape index (κ2) is 6.53. The second-order valence-corrected chi connectivity index (χ2v) is 7.34. The van der Waals surface area contributed by atoms with Gasteiger partial charge >= 0.3 is 0 Å². The first-order valence-electron chi connectivity index (χ1n) is 8.84. The molecule has 1 aromatic carbocycles. The molecule has 2 aliphatic heterocycles. The van der Waals surface area contributed by atoms with Crippen LogP contribution in [0.2, 0.25) is 5.02 Å². The van der Waals surface area contributed by atoms with Crippen molar-refractivity contribution in [3.63, 3.8) is 0 Å². The number of amides is 2. The van der Waals surface area contributed by atoms with Crippen molar-refractivity contribution in [2.75, 3.05) is 27.2 Å². The fraction of sp³-hybridized carbons (Fsp3) is 0.350. The van der Waals surface area contributed by atoms with Crippen LogP contribution in [0.25, 0.3) is 0 Å². The number of hydrogen-bond acceptors (Lipinski definition) is 4. The molecule has 1 aromatic heterocycles. The van der Waals surface area contributed by atoms with Crippen LogP contribution >= 0.6 is 11.6 Å². The first-order valence-corrected chi connectivity index (χ1v) is 9.22. The lowest BCUT2D eigenvalue weighted by atomic mass is 9.84.